The fraction of sp³-hybridized carbons (Fsp3) is 0.333. The van der Waals surface area contributed by atoms with Gasteiger partial charge in [0, 0.05) is 6.42 Å². The van der Waals surface area contributed by atoms with Gasteiger partial charge in [-0.15, -0.1) is 0 Å². The number of ether oxygens (including phenoxy) is 1. The highest BCUT2D eigenvalue weighted by Gasteiger charge is 2.24. The van der Waals surface area contributed by atoms with Gasteiger partial charge >= 0.3 is 5.97 Å². The second kappa shape index (κ2) is 7.78. The number of alkyl halides is 2. The number of benzene rings is 1. The largest absolute Gasteiger partial charge is 0.483 e. The molecule has 1 rings (SSSR count). The molecule has 0 aliphatic rings. The van der Waals surface area contributed by atoms with Gasteiger partial charge in [0.2, 0.25) is 6.43 Å². The van der Waals surface area contributed by atoms with Gasteiger partial charge in [-0.25, -0.2) is 13.6 Å². The molecule has 1 unspecified atom stereocenters. The zero-order chi connectivity index (χ0) is 15.1. The van der Waals surface area contributed by atoms with Crippen LogP contribution in [0.3, 0.4) is 0 Å². The van der Waals surface area contributed by atoms with Crippen molar-refractivity contribution in [2.45, 2.75) is 18.9 Å². The van der Waals surface area contributed by atoms with E-state index < -0.39 is 37.4 Å². The topological polar surface area (TPSA) is 75.6 Å². The van der Waals surface area contributed by atoms with Gasteiger partial charge in [0.05, 0.1) is 4.47 Å². The first-order chi connectivity index (χ1) is 9.40. The fourth-order valence-electron chi connectivity index (χ4n) is 1.34. The summed E-state index contributed by atoms with van der Waals surface area (Å²) in [6.07, 6.45) is -3.77. The number of aliphatic carboxylic acids is 1. The van der Waals surface area contributed by atoms with Crippen molar-refractivity contribution >= 4 is 27.8 Å². The maximum atomic E-state index is 12.1. The molecule has 1 aromatic carbocycles. The molecule has 0 fully saturated rings. The van der Waals surface area contributed by atoms with E-state index in [0.29, 0.717) is 10.2 Å². The average molecular weight is 352 g/mol. The molecule has 0 saturated heterocycles. The minimum atomic E-state index is -2.82. The van der Waals surface area contributed by atoms with E-state index in [-0.39, 0.29) is 0 Å². The fourth-order valence-corrected chi connectivity index (χ4v) is 1.74. The van der Waals surface area contributed by atoms with Crippen molar-refractivity contribution < 1.29 is 28.2 Å². The smallest absolute Gasteiger partial charge is 0.326 e. The Morgan fingerprint density at radius 2 is 2.00 bits per heavy atom. The number of hydrogen-bond donors (Lipinski definition) is 2. The highest BCUT2D eigenvalue weighted by atomic mass is 79.9. The molecule has 0 radical (unpaired) electrons. The predicted octanol–water partition coefficient (Wildman–Crippen LogP) is 2.05. The Balaban J connectivity index is 2.50. The Hall–Kier alpha value is -1.70. The molecule has 0 aliphatic heterocycles. The lowest BCUT2D eigenvalue weighted by atomic mass is 10.2. The molecule has 0 heterocycles. The number of hydrogen-bond acceptors (Lipinski definition) is 3. The molecule has 0 spiro atoms. The Morgan fingerprint density at radius 1 is 1.35 bits per heavy atom. The van der Waals surface area contributed by atoms with Crippen LogP contribution in [0, 0.1) is 0 Å². The van der Waals surface area contributed by atoms with Crippen LogP contribution in [-0.4, -0.2) is 36.1 Å². The van der Waals surface area contributed by atoms with E-state index in [1.807, 2.05) is 5.32 Å². The third-order valence-corrected chi connectivity index (χ3v) is 2.90. The van der Waals surface area contributed by atoms with E-state index in [1.54, 1.807) is 24.3 Å². The Kier molecular flexibility index (Phi) is 6.37. The molecular formula is C12H12BrF2NO4. The molecule has 1 atom stereocenters. The average Bonchev–Trinajstić information content (AvgIpc) is 2.36. The van der Waals surface area contributed by atoms with Crippen LogP contribution in [0.1, 0.15) is 6.42 Å². The van der Waals surface area contributed by atoms with Gasteiger partial charge in [-0.05, 0) is 28.1 Å². The van der Waals surface area contributed by atoms with Crippen molar-refractivity contribution in [2.24, 2.45) is 0 Å². The lowest BCUT2D eigenvalue weighted by Gasteiger charge is -2.14. The van der Waals surface area contributed by atoms with Crippen LogP contribution in [-0.2, 0) is 9.59 Å². The Labute approximate surface area is 122 Å². The van der Waals surface area contributed by atoms with Crippen molar-refractivity contribution in [3.8, 4) is 5.75 Å². The number of carboxylic acid groups (broad SMARTS) is 1. The van der Waals surface area contributed by atoms with Crippen LogP contribution < -0.4 is 10.1 Å². The van der Waals surface area contributed by atoms with E-state index in [9.17, 15) is 18.4 Å². The number of rotatable bonds is 7. The second-order valence-electron chi connectivity index (χ2n) is 3.80. The number of carboxylic acids is 1. The lowest BCUT2D eigenvalue weighted by molar-refractivity contribution is -0.143. The SMILES string of the molecule is O=C(COc1ccccc1Br)NC(CC(F)F)C(=O)O. The van der Waals surface area contributed by atoms with E-state index >= 15 is 0 Å². The van der Waals surface area contributed by atoms with Crippen molar-refractivity contribution in [3.05, 3.63) is 28.7 Å². The maximum Gasteiger partial charge on any atom is 0.326 e. The summed E-state index contributed by atoms with van der Waals surface area (Å²) in [5, 5.41) is 10.7. The summed E-state index contributed by atoms with van der Waals surface area (Å²) in [5.41, 5.74) is 0. The summed E-state index contributed by atoms with van der Waals surface area (Å²) in [5.74, 6) is -1.91. The third-order valence-electron chi connectivity index (χ3n) is 2.24. The van der Waals surface area contributed by atoms with Crippen LogP contribution in [0.4, 0.5) is 8.78 Å². The van der Waals surface area contributed by atoms with Gasteiger partial charge in [-0.1, -0.05) is 12.1 Å². The summed E-state index contributed by atoms with van der Waals surface area (Å²) in [7, 11) is 0. The van der Waals surface area contributed by atoms with Crippen molar-refractivity contribution in [3.63, 3.8) is 0 Å². The molecule has 0 aliphatic carbocycles. The van der Waals surface area contributed by atoms with Crippen LogP contribution in [0.2, 0.25) is 0 Å². The summed E-state index contributed by atoms with van der Waals surface area (Å²) < 4.78 is 30.1. The summed E-state index contributed by atoms with van der Waals surface area (Å²) in [4.78, 5) is 22.2. The zero-order valence-corrected chi connectivity index (χ0v) is 11.8. The molecule has 8 heteroatoms. The highest BCUT2D eigenvalue weighted by Crippen LogP contribution is 2.23. The maximum absolute atomic E-state index is 12.1. The van der Waals surface area contributed by atoms with Crippen LogP contribution >= 0.6 is 15.9 Å². The number of amides is 1. The van der Waals surface area contributed by atoms with Gasteiger partial charge in [0.15, 0.2) is 6.61 Å². The van der Waals surface area contributed by atoms with Gasteiger partial charge < -0.3 is 15.2 Å². The minimum Gasteiger partial charge on any atom is -0.483 e. The van der Waals surface area contributed by atoms with Crippen LogP contribution in [0.25, 0.3) is 0 Å². The molecule has 0 bridgehead atoms. The van der Waals surface area contributed by atoms with Gasteiger partial charge in [-0.2, -0.15) is 0 Å². The lowest BCUT2D eigenvalue weighted by Crippen LogP contribution is -2.44. The normalized spacial score (nSPS) is 12.0. The standard InChI is InChI=1S/C12H12BrF2NO4/c13-7-3-1-2-4-9(7)20-6-11(17)16-8(12(18)19)5-10(14)15/h1-4,8,10H,5-6H2,(H,16,17)(H,18,19). The first kappa shape index (κ1) is 16.4. The molecule has 0 saturated carbocycles. The second-order valence-corrected chi connectivity index (χ2v) is 4.66. The Bertz CT molecular complexity index is 484. The number of nitrogens with one attached hydrogen (secondary N) is 1. The first-order valence-electron chi connectivity index (χ1n) is 5.57. The van der Waals surface area contributed by atoms with Crippen LogP contribution in [0.15, 0.2) is 28.7 Å². The van der Waals surface area contributed by atoms with E-state index in [0.717, 1.165) is 0 Å². The van der Waals surface area contributed by atoms with Crippen molar-refractivity contribution in [1.29, 1.82) is 0 Å². The molecule has 110 valence electrons. The first-order valence-corrected chi connectivity index (χ1v) is 6.37. The quantitative estimate of drug-likeness (QED) is 0.788. The molecule has 20 heavy (non-hydrogen) atoms. The van der Waals surface area contributed by atoms with E-state index in [1.165, 1.54) is 0 Å². The molecular weight excluding hydrogens is 340 g/mol. The minimum absolute atomic E-state index is 0.392. The number of carbonyl (C=O) groups is 2. The summed E-state index contributed by atoms with van der Waals surface area (Å²) in [6, 6.07) is 5.11. The van der Waals surface area contributed by atoms with Gasteiger partial charge in [0.1, 0.15) is 11.8 Å². The molecule has 2 N–H and O–H groups in total. The third kappa shape index (κ3) is 5.52. The molecule has 1 amide bonds. The molecule has 5 nitrogen and oxygen atoms in total. The Morgan fingerprint density at radius 3 is 2.55 bits per heavy atom. The monoisotopic (exact) mass is 351 g/mol. The van der Waals surface area contributed by atoms with E-state index in [4.69, 9.17) is 9.84 Å². The van der Waals surface area contributed by atoms with Crippen LogP contribution in [0.5, 0.6) is 5.75 Å². The van der Waals surface area contributed by atoms with Gasteiger partial charge in [-0.3, -0.25) is 4.79 Å². The van der Waals surface area contributed by atoms with Crippen molar-refractivity contribution in [1.82, 2.24) is 5.32 Å². The zero-order valence-electron chi connectivity index (χ0n) is 10.2. The highest BCUT2D eigenvalue weighted by molar-refractivity contribution is 9.10. The summed E-state index contributed by atoms with van der Waals surface area (Å²) >= 11 is 3.20. The van der Waals surface area contributed by atoms with Crippen molar-refractivity contribution in [2.75, 3.05) is 6.61 Å². The molecule has 1 aromatic rings. The van der Waals surface area contributed by atoms with E-state index in [2.05, 4.69) is 15.9 Å². The van der Waals surface area contributed by atoms with Gasteiger partial charge in [0.25, 0.3) is 5.91 Å². The molecule has 0 aromatic heterocycles. The number of halogens is 3. The number of para-hydroxylation sites is 1. The number of carbonyl (C=O) groups excluding carboxylic acids is 1. The predicted molar refractivity (Wildman–Crippen MR) is 69.8 cm³/mol. The summed E-state index contributed by atoms with van der Waals surface area (Å²) in [6.45, 7) is -0.463.